The Morgan fingerprint density at radius 2 is 1.67 bits per heavy atom. The van der Waals surface area contributed by atoms with E-state index in [1.54, 1.807) is 0 Å². The van der Waals surface area contributed by atoms with Crippen molar-refractivity contribution in [1.29, 1.82) is 0 Å². The molecule has 4 aromatic rings. The molecular weight excluding hydrogens is 267 g/mol. The van der Waals surface area contributed by atoms with Gasteiger partial charge in [0.1, 0.15) is 17.0 Å². The fraction of sp³-hybridized carbons (Fsp3) is 0.0556. The molecule has 0 radical (unpaired) electrons. The van der Waals surface area contributed by atoms with Gasteiger partial charge < -0.3 is 4.42 Å². The SMILES string of the molecule is Cc1ccc2cc3oc4cc(F)ccc4c(=O)c3cc2c1. The molecule has 0 aliphatic rings. The van der Waals surface area contributed by atoms with Crippen LogP contribution in [0.3, 0.4) is 0 Å². The molecule has 0 fully saturated rings. The highest BCUT2D eigenvalue weighted by Crippen LogP contribution is 2.25. The molecule has 3 aromatic carbocycles. The summed E-state index contributed by atoms with van der Waals surface area (Å²) in [5.74, 6) is -0.415. The summed E-state index contributed by atoms with van der Waals surface area (Å²) in [6.45, 7) is 2.01. The molecule has 0 bridgehead atoms. The first-order valence-corrected chi connectivity index (χ1v) is 6.68. The van der Waals surface area contributed by atoms with Crippen LogP contribution in [0.2, 0.25) is 0 Å². The summed E-state index contributed by atoms with van der Waals surface area (Å²) in [7, 11) is 0. The van der Waals surface area contributed by atoms with Crippen molar-refractivity contribution >= 4 is 32.7 Å². The van der Waals surface area contributed by atoms with Gasteiger partial charge in [0.2, 0.25) is 5.43 Å². The Morgan fingerprint density at radius 1 is 0.857 bits per heavy atom. The van der Waals surface area contributed by atoms with Crippen LogP contribution in [0.25, 0.3) is 32.7 Å². The first kappa shape index (κ1) is 12.1. The zero-order valence-electron chi connectivity index (χ0n) is 11.3. The zero-order chi connectivity index (χ0) is 14.6. The minimum Gasteiger partial charge on any atom is -0.456 e. The van der Waals surface area contributed by atoms with E-state index in [1.807, 2.05) is 37.3 Å². The maximum atomic E-state index is 13.3. The number of hydrogen-bond donors (Lipinski definition) is 0. The summed E-state index contributed by atoms with van der Waals surface area (Å²) >= 11 is 0. The summed E-state index contributed by atoms with van der Waals surface area (Å²) in [5.41, 5.74) is 1.76. The number of halogens is 1. The average Bonchev–Trinajstić information content (AvgIpc) is 2.46. The van der Waals surface area contributed by atoms with E-state index in [2.05, 4.69) is 0 Å². The van der Waals surface area contributed by atoms with Crippen LogP contribution in [-0.4, -0.2) is 0 Å². The van der Waals surface area contributed by atoms with Crippen LogP contribution in [0.4, 0.5) is 4.39 Å². The molecular formula is C18H11FO2. The molecule has 3 heteroatoms. The Hall–Kier alpha value is -2.68. The lowest BCUT2D eigenvalue weighted by molar-refractivity contribution is 0.615. The molecule has 21 heavy (non-hydrogen) atoms. The molecule has 0 amide bonds. The lowest BCUT2D eigenvalue weighted by Crippen LogP contribution is -2.02. The van der Waals surface area contributed by atoms with E-state index in [9.17, 15) is 9.18 Å². The van der Waals surface area contributed by atoms with E-state index in [0.717, 1.165) is 16.3 Å². The fourth-order valence-electron chi connectivity index (χ4n) is 2.69. The normalized spacial score (nSPS) is 11.5. The van der Waals surface area contributed by atoms with Crippen LogP contribution in [0, 0.1) is 12.7 Å². The quantitative estimate of drug-likeness (QED) is 0.442. The summed E-state index contributed by atoms with van der Waals surface area (Å²) in [6, 6.07) is 13.7. The zero-order valence-corrected chi connectivity index (χ0v) is 11.3. The Kier molecular flexibility index (Phi) is 2.39. The Labute approximate surface area is 119 Å². The van der Waals surface area contributed by atoms with Crippen LogP contribution < -0.4 is 5.43 Å². The molecule has 102 valence electrons. The molecule has 0 unspecified atom stereocenters. The fourth-order valence-corrected chi connectivity index (χ4v) is 2.69. The van der Waals surface area contributed by atoms with Crippen molar-refractivity contribution in [2.75, 3.05) is 0 Å². The van der Waals surface area contributed by atoms with Crippen molar-refractivity contribution < 1.29 is 8.81 Å². The second-order valence-electron chi connectivity index (χ2n) is 5.27. The third-order valence-corrected chi connectivity index (χ3v) is 3.75. The van der Waals surface area contributed by atoms with E-state index in [-0.39, 0.29) is 11.0 Å². The largest absolute Gasteiger partial charge is 0.456 e. The highest BCUT2D eigenvalue weighted by atomic mass is 19.1. The molecule has 0 spiro atoms. The molecule has 1 aromatic heterocycles. The highest BCUT2D eigenvalue weighted by Gasteiger charge is 2.09. The van der Waals surface area contributed by atoms with Gasteiger partial charge >= 0.3 is 0 Å². The van der Waals surface area contributed by atoms with Crippen LogP contribution in [0.1, 0.15) is 5.56 Å². The number of aryl methyl sites for hydroxylation is 1. The second kappa shape index (κ2) is 4.16. The van der Waals surface area contributed by atoms with E-state index in [0.29, 0.717) is 16.4 Å². The van der Waals surface area contributed by atoms with Gasteiger partial charge in [-0.05, 0) is 42.0 Å². The number of hydrogen-bond acceptors (Lipinski definition) is 2. The summed E-state index contributed by atoms with van der Waals surface area (Å²) in [4.78, 5) is 12.5. The number of rotatable bonds is 0. The van der Waals surface area contributed by atoms with Gasteiger partial charge in [-0.15, -0.1) is 0 Å². The van der Waals surface area contributed by atoms with E-state index in [4.69, 9.17) is 4.42 Å². The van der Waals surface area contributed by atoms with E-state index in [1.165, 1.54) is 18.2 Å². The Bertz CT molecular complexity index is 1080. The minimum atomic E-state index is -0.415. The van der Waals surface area contributed by atoms with Gasteiger partial charge in [-0.1, -0.05) is 23.8 Å². The first-order valence-electron chi connectivity index (χ1n) is 6.68. The van der Waals surface area contributed by atoms with Crippen molar-refractivity contribution in [1.82, 2.24) is 0 Å². The predicted octanol–water partition coefficient (Wildman–Crippen LogP) is 4.55. The smallest absolute Gasteiger partial charge is 0.200 e. The van der Waals surface area contributed by atoms with Crippen molar-refractivity contribution in [3.05, 3.63) is 70.1 Å². The summed E-state index contributed by atoms with van der Waals surface area (Å²) < 4.78 is 19.0. The van der Waals surface area contributed by atoms with E-state index >= 15 is 0 Å². The van der Waals surface area contributed by atoms with Crippen molar-refractivity contribution in [3.63, 3.8) is 0 Å². The molecule has 0 saturated carbocycles. The van der Waals surface area contributed by atoms with Gasteiger partial charge in [0.05, 0.1) is 10.8 Å². The van der Waals surface area contributed by atoms with Gasteiger partial charge in [0.25, 0.3) is 0 Å². The van der Waals surface area contributed by atoms with Crippen LogP contribution in [0.5, 0.6) is 0 Å². The Balaban J connectivity index is 2.22. The van der Waals surface area contributed by atoms with Gasteiger partial charge in [-0.3, -0.25) is 4.79 Å². The minimum absolute atomic E-state index is 0.130. The van der Waals surface area contributed by atoms with Crippen LogP contribution in [0.15, 0.2) is 57.7 Å². The third kappa shape index (κ3) is 1.82. The lowest BCUT2D eigenvalue weighted by atomic mass is 10.0. The third-order valence-electron chi connectivity index (χ3n) is 3.75. The topological polar surface area (TPSA) is 30.2 Å². The standard InChI is InChI=1S/C18H11FO2/c1-10-2-3-11-8-16-15(7-12(11)6-10)18(20)14-5-4-13(19)9-17(14)21-16/h2-9H,1H3. The average molecular weight is 278 g/mol. The van der Waals surface area contributed by atoms with Gasteiger partial charge in [0, 0.05) is 6.07 Å². The van der Waals surface area contributed by atoms with Crippen molar-refractivity contribution in [3.8, 4) is 0 Å². The molecule has 0 aliphatic carbocycles. The second-order valence-corrected chi connectivity index (χ2v) is 5.27. The first-order chi connectivity index (χ1) is 10.1. The van der Waals surface area contributed by atoms with E-state index < -0.39 is 5.82 Å². The number of fused-ring (bicyclic) bond motifs is 3. The predicted molar refractivity (Wildman–Crippen MR) is 82.2 cm³/mol. The monoisotopic (exact) mass is 278 g/mol. The molecule has 4 rings (SSSR count). The number of benzene rings is 3. The molecule has 0 atom stereocenters. The van der Waals surface area contributed by atoms with Crippen molar-refractivity contribution in [2.24, 2.45) is 0 Å². The van der Waals surface area contributed by atoms with Crippen LogP contribution >= 0.6 is 0 Å². The molecule has 0 saturated heterocycles. The van der Waals surface area contributed by atoms with Gasteiger partial charge in [-0.2, -0.15) is 0 Å². The molecule has 2 nitrogen and oxygen atoms in total. The van der Waals surface area contributed by atoms with Gasteiger partial charge in [0.15, 0.2) is 0 Å². The molecule has 0 N–H and O–H groups in total. The maximum absolute atomic E-state index is 13.3. The Morgan fingerprint density at radius 3 is 2.52 bits per heavy atom. The summed E-state index contributed by atoms with van der Waals surface area (Å²) in [6.07, 6.45) is 0. The van der Waals surface area contributed by atoms with Crippen LogP contribution in [-0.2, 0) is 0 Å². The lowest BCUT2D eigenvalue weighted by Gasteiger charge is -2.04. The van der Waals surface area contributed by atoms with Crippen molar-refractivity contribution in [2.45, 2.75) is 6.92 Å². The van der Waals surface area contributed by atoms with Gasteiger partial charge in [-0.25, -0.2) is 4.39 Å². The maximum Gasteiger partial charge on any atom is 0.200 e. The highest BCUT2D eigenvalue weighted by molar-refractivity contribution is 5.99. The molecule has 0 aliphatic heterocycles. The molecule has 1 heterocycles. The summed E-state index contributed by atoms with van der Waals surface area (Å²) in [5, 5.41) is 2.91.